The molecule has 0 saturated carbocycles. The van der Waals surface area contributed by atoms with E-state index in [0.717, 1.165) is 21.9 Å². The van der Waals surface area contributed by atoms with Crippen molar-refractivity contribution < 1.29 is 18.7 Å². The van der Waals surface area contributed by atoms with E-state index in [1.54, 1.807) is 35.2 Å². The van der Waals surface area contributed by atoms with Crippen molar-refractivity contribution in [1.29, 1.82) is 0 Å². The Kier molecular flexibility index (Phi) is 6.50. The summed E-state index contributed by atoms with van der Waals surface area (Å²) in [7, 11) is 1.33. The molecule has 4 aromatic rings. The number of rotatable bonds is 6. The molecule has 0 heterocycles. The number of hydrogen-bond acceptors (Lipinski definition) is 3. The average molecular weight is 442 g/mol. The fourth-order valence-electron chi connectivity index (χ4n) is 3.91. The summed E-state index contributed by atoms with van der Waals surface area (Å²) in [5, 5.41) is 2.03. The van der Waals surface area contributed by atoms with Gasteiger partial charge in [0.15, 0.2) is 0 Å². The number of methoxy groups -OCH3 is 1. The zero-order valence-corrected chi connectivity index (χ0v) is 18.5. The Balaban J connectivity index is 1.72. The van der Waals surface area contributed by atoms with E-state index < -0.39 is 5.97 Å². The zero-order chi connectivity index (χ0) is 23.4. The van der Waals surface area contributed by atoms with E-state index in [9.17, 15) is 14.0 Å². The van der Waals surface area contributed by atoms with Gasteiger partial charge in [0, 0.05) is 12.1 Å². The molecule has 4 rings (SSSR count). The number of halogens is 1. The fourth-order valence-corrected chi connectivity index (χ4v) is 3.91. The number of carbonyl (C=O) groups excluding carboxylic acids is 2. The van der Waals surface area contributed by atoms with E-state index in [-0.39, 0.29) is 24.3 Å². The molecule has 0 aliphatic rings. The summed E-state index contributed by atoms with van der Waals surface area (Å²) < 4.78 is 18.3. The highest BCUT2D eigenvalue weighted by Gasteiger charge is 2.24. The van der Waals surface area contributed by atoms with Crippen LogP contribution in [-0.2, 0) is 11.3 Å². The number of hydrogen-bond donors (Lipinski definition) is 0. The number of nitrogens with zero attached hydrogens (tertiary/aromatic N) is 1. The van der Waals surface area contributed by atoms with Gasteiger partial charge in [0.25, 0.3) is 5.91 Å². The second-order valence-electron chi connectivity index (χ2n) is 7.91. The highest BCUT2D eigenvalue weighted by Crippen LogP contribution is 2.26. The van der Waals surface area contributed by atoms with Gasteiger partial charge in [-0.15, -0.1) is 0 Å². The molecule has 1 unspecified atom stereocenters. The predicted molar refractivity (Wildman–Crippen MR) is 126 cm³/mol. The van der Waals surface area contributed by atoms with E-state index in [4.69, 9.17) is 4.74 Å². The van der Waals surface area contributed by atoms with Crippen molar-refractivity contribution in [3.63, 3.8) is 0 Å². The number of amides is 1. The minimum atomic E-state index is -0.434. The van der Waals surface area contributed by atoms with Gasteiger partial charge in [-0.3, -0.25) is 4.79 Å². The van der Waals surface area contributed by atoms with Crippen LogP contribution in [0.1, 0.15) is 44.8 Å². The quantitative estimate of drug-likeness (QED) is 0.336. The molecule has 0 saturated heterocycles. The second kappa shape index (κ2) is 9.65. The summed E-state index contributed by atoms with van der Waals surface area (Å²) >= 11 is 0. The molecule has 1 amide bonds. The third-order valence-corrected chi connectivity index (χ3v) is 5.78. The largest absolute Gasteiger partial charge is 0.465 e. The van der Waals surface area contributed by atoms with Gasteiger partial charge in [0.1, 0.15) is 5.82 Å². The monoisotopic (exact) mass is 441 g/mol. The molecule has 0 aliphatic heterocycles. The maximum atomic E-state index is 13.7. The molecule has 5 heteroatoms. The average Bonchev–Trinajstić information content (AvgIpc) is 2.86. The van der Waals surface area contributed by atoms with Crippen molar-refractivity contribution in [1.82, 2.24) is 4.90 Å². The lowest BCUT2D eigenvalue weighted by Gasteiger charge is -2.30. The van der Waals surface area contributed by atoms with Crippen molar-refractivity contribution >= 4 is 22.6 Å². The van der Waals surface area contributed by atoms with Crippen molar-refractivity contribution in [3.05, 3.63) is 119 Å². The lowest BCUT2D eigenvalue weighted by Crippen LogP contribution is -2.33. The molecule has 0 aromatic heterocycles. The summed E-state index contributed by atoms with van der Waals surface area (Å²) in [6.45, 7) is 2.19. The number of ether oxygens (including phenoxy) is 1. The Morgan fingerprint density at radius 3 is 2.30 bits per heavy atom. The molecule has 0 aliphatic carbocycles. The normalized spacial score (nSPS) is 11.7. The molecule has 0 spiro atoms. The van der Waals surface area contributed by atoms with Gasteiger partial charge in [-0.1, -0.05) is 54.6 Å². The Morgan fingerprint density at radius 2 is 1.58 bits per heavy atom. The maximum absolute atomic E-state index is 13.7. The predicted octanol–water partition coefficient (Wildman–Crippen LogP) is 6.17. The van der Waals surface area contributed by atoms with Crippen LogP contribution in [0.4, 0.5) is 4.39 Å². The minimum absolute atomic E-state index is 0.152. The molecule has 0 N–H and O–H groups in total. The summed E-state index contributed by atoms with van der Waals surface area (Å²) in [5.41, 5.74) is 2.59. The van der Waals surface area contributed by atoms with Crippen LogP contribution in [0.3, 0.4) is 0 Å². The van der Waals surface area contributed by atoms with Crippen LogP contribution in [0.15, 0.2) is 91.0 Å². The molecule has 4 aromatic carbocycles. The van der Waals surface area contributed by atoms with Gasteiger partial charge < -0.3 is 9.64 Å². The van der Waals surface area contributed by atoms with Crippen LogP contribution >= 0.6 is 0 Å². The molecule has 1 atom stereocenters. The standard InChI is InChI=1S/C28H24FNO3/c1-19(21-12-14-26(29)15-13-21)30(18-20-6-5-9-25(16-20)28(32)33-2)27(31)24-11-10-22-7-3-4-8-23(22)17-24/h3-17,19H,18H2,1-2H3. The second-order valence-corrected chi connectivity index (χ2v) is 7.91. The van der Waals surface area contributed by atoms with Gasteiger partial charge in [-0.25, -0.2) is 9.18 Å². The first-order valence-corrected chi connectivity index (χ1v) is 10.7. The molecule has 0 bridgehead atoms. The van der Waals surface area contributed by atoms with E-state index >= 15 is 0 Å². The van der Waals surface area contributed by atoms with Crippen LogP contribution in [0.5, 0.6) is 0 Å². The van der Waals surface area contributed by atoms with Crippen molar-refractivity contribution in [2.45, 2.75) is 19.5 Å². The molecular formula is C28H24FNO3. The first-order valence-electron chi connectivity index (χ1n) is 10.7. The summed E-state index contributed by atoms with van der Waals surface area (Å²) in [4.78, 5) is 27.4. The molecule has 4 nitrogen and oxygen atoms in total. The number of carbonyl (C=O) groups is 2. The Bertz CT molecular complexity index is 1300. The van der Waals surface area contributed by atoms with Crippen LogP contribution in [0, 0.1) is 5.82 Å². The summed E-state index contributed by atoms with van der Waals surface area (Å²) in [6.07, 6.45) is 0. The molecule has 166 valence electrons. The van der Waals surface area contributed by atoms with Crippen LogP contribution in [0.2, 0.25) is 0 Å². The van der Waals surface area contributed by atoms with Gasteiger partial charge in [-0.2, -0.15) is 0 Å². The van der Waals surface area contributed by atoms with Crippen molar-refractivity contribution in [3.8, 4) is 0 Å². The highest BCUT2D eigenvalue weighted by molar-refractivity contribution is 5.98. The third kappa shape index (κ3) is 4.93. The highest BCUT2D eigenvalue weighted by atomic mass is 19.1. The van der Waals surface area contributed by atoms with E-state index in [1.165, 1.54) is 19.2 Å². The number of benzene rings is 4. The fraction of sp³-hybridized carbons (Fsp3) is 0.143. The van der Waals surface area contributed by atoms with Gasteiger partial charge in [0.2, 0.25) is 0 Å². The van der Waals surface area contributed by atoms with Crippen molar-refractivity contribution in [2.24, 2.45) is 0 Å². The zero-order valence-electron chi connectivity index (χ0n) is 18.5. The van der Waals surface area contributed by atoms with Crippen LogP contribution in [-0.4, -0.2) is 23.9 Å². The minimum Gasteiger partial charge on any atom is -0.465 e. The van der Waals surface area contributed by atoms with E-state index in [2.05, 4.69) is 0 Å². The smallest absolute Gasteiger partial charge is 0.337 e. The first kappa shape index (κ1) is 22.2. The molecule has 33 heavy (non-hydrogen) atoms. The van der Waals surface area contributed by atoms with Gasteiger partial charge in [0.05, 0.1) is 18.7 Å². The lowest BCUT2D eigenvalue weighted by molar-refractivity contribution is 0.0600. The molecule has 0 fully saturated rings. The van der Waals surface area contributed by atoms with E-state index in [1.807, 2.05) is 55.5 Å². The van der Waals surface area contributed by atoms with Crippen molar-refractivity contribution in [2.75, 3.05) is 7.11 Å². The SMILES string of the molecule is COC(=O)c1cccc(CN(C(=O)c2ccc3ccccc3c2)C(C)c2ccc(F)cc2)c1. The number of fused-ring (bicyclic) bond motifs is 1. The topological polar surface area (TPSA) is 46.6 Å². The van der Waals surface area contributed by atoms with Gasteiger partial charge in [-0.05, 0) is 65.2 Å². The van der Waals surface area contributed by atoms with Crippen LogP contribution in [0.25, 0.3) is 10.8 Å². The molecule has 0 radical (unpaired) electrons. The summed E-state index contributed by atoms with van der Waals surface area (Å²) in [5.74, 6) is -0.916. The lowest BCUT2D eigenvalue weighted by atomic mass is 10.0. The molecular weight excluding hydrogens is 417 g/mol. The number of esters is 1. The van der Waals surface area contributed by atoms with E-state index in [0.29, 0.717) is 11.1 Å². The maximum Gasteiger partial charge on any atom is 0.337 e. The first-order chi connectivity index (χ1) is 16.0. The third-order valence-electron chi connectivity index (χ3n) is 5.78. The Hall–Kier alpha value is -3.99. The van der Waals surface area contributed by atoms with Gasteiger partial charge >= 0.3 is 5.97 Å². The summed E-state index contributed by atoms with van der Waals surface area (Å²) in [6, 6.07) is 26.4. The Labute approximate surface area is 192 Å². The van der Waals surface area contributed by atoms with Crippen LogP contribution < -0.4 is 0 Å². The Morgan fingerprint density at radius 1 is 0.848 bits per heavy atom.